The molecule has 2 N–H and O–H groups in total. The van der Waals surface area contributed by atoms with Gasteiger partial charge in [0.25, 0.3) is 0 Å². The van der Waals surface area contributed by atoms with Crippen LogP contribution in [-0.4, -0.2) is 19.9 Å². The van der Waals surface area contributed by atoms with E-state index in [1.165, 1.54) is 32.7 Å². The number of hydrogen-bond acceptors (Lipinski definition) is 3. The number of imidazole rings is 2. The SMILES string of the molecule is Cc1nc2c([nH]1)COc1c-2ccc2cc(-c3ccc4c(c3)c3ccccc3c3nc(C)[nH]c43)ccc12. The fourth-order valence-electron chi connectivity index (χ4n) is 5.81. The molecule has 1 aliphatic rings. The average Bonchev–Trinajstić information content (AvgIpc) is 3.49. The van der Waals surface area contributed by atoms with Crippen molar-refractivity contribution in [2.45, 2.75) is 20.5 Å². The molecule has 1 aliphatic heterocycles. The maximum atomic E-state index is 6.19. The van der Waals surface area contributed by atoms with E-state index in [2.05, 4.69) is 82.8 Å². The summed E-state index contributed by atoms with van der Waals surface area (Å²) in [6.07, 6.45) is 0. The molecule has 3 heterocycles. The minimum atomic E-state index is 0.517. The molecule has 0 atom stereocenters. The van der Waals surface area contributed by atoms with Crippen LogP contribution in [0.5, 0.6) is 5.75 Å². The van der Waals surface area contributed by atoms with Crippen molar-refractivity contribution in [2.75, 3.05) is 0 Å². The van der Waals surface area contributed by atoms with Crippen LogP contribution >= 0.6 is 0 Å². The van der Waals surface area contributed by atoms with Gasteiger partial charge in [0.1, 0.15) is 24.0 Å². The molecular formula is C31H22N4O. The summed E-state index contributed by atoms with van der Waals surface area (Å²) in [6.45, 7) is 4.51. The third-order valence-corrected chi connectivity index (χ3v) is 7.40. The van der Waals surface area contributed by atoms with E-state index in [1.807, 2.05) is 13.8 Å². The molecule has 0 fully saturated rings. The maximum absolute atomic E-state index is 6.19. The van der Waals surface area contributed by atoms with Crippen molar-refractivity contribution in [1.82, 2.24) is 19.9 Å². The second-order valence-corrected chi connectivity index (χ2v) is 9.67. The Bertz CT molecular complexity index is 2030. The summed E-state index contributed by atoms with van der Waals surface area (Å²) in [5.74, 6) is 2.77. The lowest BCUT2D eigenvalue weighted by Gasteiger charge is -2.19. The molecule has 0 unspecified atom stereocenters. The monoisotopic (exact) mass is 466 g/mol. The Morgan fingerprint density at radius 2 is 1.47 bits per heavy atom. The number of hydrogen-bond donors (Lipinski definition) is 2. The van der Waals surface area contributed by atoms with E-state index >= 15 is 0 Å². The van der Waals surface area contributed by atoms with Crippen molar-refractivity contribution in [3.8, 4) is 28.1 Å². The van der Waals surface area contributed by atoms with Crippen LogP contribution in [0.1, 0.15) is 17.3 Å². The highest BCUT2D eigenvalue weighted by atomic mass is 16.5. The summed E-state index contributed by atoms with van der Waals surface area (Å²) < 4.78 is 6.19. The second kappa shape index (κ2) is 6.95. The standard InChI is InChI=1S/C31H22N4O/c1-16-32-27-15-36-31-21-10-7-18(13-20(21)9-12-25(31)28(27)33-16)19-8-11-24-26(14-19)22-5-3-4-6-23(22)29-30(24)35-17(2)34-29/h3-14H,15H2,1-2H3,(H,32,33)(H,34,35). The van der Waals surface area contributed by atoms with Gasteiger partial charge in [-0.1, -0.05) is 54.6 Å². The van der Waals surface area contributed by atoms with Crippen molar-refractivity contribution in [3.63, 3.8) is 0 Å². The number of ether oxygens (including phenoxy) is 1. The van der Waals surface area contributed by atoms with E-state index < -0.39 is 0 Å². The molecule has 0 spiro atoms. The van der Waals surface area contributed by atoms with Gasteiger partial charge < -0.3 is 14.7 Å². The first-order valence-electron chi connectivity index (χ1n) is 12.2. The molecule has 5 heteroatoms. The van der Waals surface area contributed by atoms with Crippen molar-refractivity contribution < 1.29 is 4.74 Å². The molecule has 0 bridgehead atoms. The van der Waals surface area contributed by atoms with Crippen LogP contribution in [0.15, 0.2) is 72.8 Å². The number of H-pyrrole nitrogens is 2. The highest BCUT2D eigenvalue weighted by molar-refractivity contribution is 6.23. The molecule has 0 saturated heterocycles. The normalized spacial score (nSPS) is 12.8. The lowest BCUT2D eigenvalue weighted by Crippen LogP contribution is -2.05. The van der Waals surface area contributed by atoms with E-state index in [4.69, 9.17) is 14.7 Å². The molecular weight excluding hydrogens is 444 g/mol. The minimum absolute atomic E-state index is 0.517. The summed E-state index contributed by atoms with van der Waals surface area (Å²) in [7, 11) is 0. The molecule has 5 aromatic carbocycles. The smallest absolute Gasteiger partial charge is 0.137 e. The summed E-state index contributed by atoms with van der Waals surface area (Å²) in [4.78, 5) is 16.3. The minimum Gasteiger partial charge on any atom is -0.486 e. The first-order valence-corrected chi connectivity index (χ1v) is 12.2. The largest absolute Gasteiger partial charge is 0.486 e. The molecule has 0 amide bonds. The van der Waals surface area contributed by atoms with Gasteiger partial charge in [-0.2, -0.15) is 0 Å². The van der Waals surface area contributed by atoms with Crippen LogP contribution in [-0.2, 0) is 6.61 Å². The van der Waals surface area contributed by atoms with Gasteiger partial charge in [-0.3, -0.25) is 0 Å². The zero-order valence-electron chi connectivity index (χ0n) is 19.9. The summed E-state index contributed by atoms with van der Waals surface area (Å²) in [5, 5.41) is 7.10. The number of aromatic amines is 2. The zero-order valence-corrected chi connectivity index (χ0v) is 19.9. The van der Waals surface area contributed by atoms with Crippen LogP contribution in [0.4, 0.5) is 0 Å². The maximum Gasteiger partial charge on any atom is 0.137 e. The molecule has 172 valence electrons. The number of nitrogens with zero attached hydrogens (tertiary/aromatic N) is 2. The predicted molar refractivity (Wildman–Crippen MR) is 145 cm³/mol. The Labute approximate surface area is 206 Å². The van der Waals surface area contributed by atoms with Gasteiger partial charge in [0.05, 0.1) is 22.4 Å². The zero-order chi connectivity index (χ0) is 24.0. The van der Waals surface area contributed by atoms with E-state index in [0.29, 0.717) is 6.61 Å². The number of rotatable bonds is 1. The van der Waals surface area contributed by atoms with Crippen LogP contribution in [0, 0.1) is 13.8 Å². The summed E-state index contributed by atoms with van der Waals surface area (Å²) in [5.41, 5.74) is 7.60. The van der Waals surface area contributed by atoms with Crippen molar-refractivity contribution in [3.05, 3.63) is 90.1 Å². The topological polar surface area (TPSA) is 66.6 Å². The van der Waals surface area contributed by atoms with Gasteiger partial charge in [0, 0.05) is 21.7 Å². The first-order chi connectivity index (χ1) is 17.6. The molecule has 0 radical (unpaired) electrons. The highest BCUT2D eigenvalue weighted by Gasteiger charge is 2.23. The van der Waals surface area contributed by atoms with Crippen molar-refractivity contribution in [2.24, 2.45) is 0 Å². The number of nitrogens with one attached hydrogen (secondary N) is 2. The van der Waals surface area contributed by atoms with Crippen LogP contribution in [0.2, 0.25) is 0 Å². The third kappa shape index (κ3) is 2.65. The van der Waals surface area contributed by atoms with Gasteiger partial charge in [0.2, 0.25) is 0 Å². The van der Waals surface area contributed by atoms with Crippen molar-refractivity contribution >= 4 is 43.4 Å². The molecule has 7 aromatic rings. The summed E-state index contributed by atoms with van der Waals surface area (Å²) in [6, 6.07) is 26.2. The van der Waals surface area contributed by atoms with Gasteiger partial charge in [0.15, 0.2) is 0 Å². The molecule has 2 aromatic heterocycles. The third-order valence-electron chi connectivity index (χ3n) is 7.40. The average molecular weight is 467 g/mol. The number of aryl methyl sites for hydroxylation is 2. The van der Waals surface area contributed by atoms with Gasteiger partial charge >= 0.3 is 0 Å². The predicted octanol–water partition coefficient (Wildman–Crippen LogP) is 7.59. The van der Waals surface area contributed by atoms with E-state index in [0.717, 1.165) is 56.2 Å². The number of fused-ring (bicyclic) bond motifs is 11. The lowest BCUT2D eigenvalue weighted by atomic mass is 9.94. The Morgan fingerprint density at radius 3 is 2.36 bits per heavy atom. The van der Waals surface area contributed by atoms with Crippen molar-refractivity contribution in [1.29, 1.82) is 0 Å². The van der Waals surface area contributed by atoms with E-state index in [1.54, 1.807) is 0 Å². The molecule has 36 heavy (non-hydrogen) atoms. The number of aromatic nitrogens is 4. The fraction of sp³-hybridized carbons (Fsp3) is 0.0968. The Hall–Kier alpha value is -4.64. The Morgan fingerprint density at radius 1 is 0.694 bits per heavy atom. The first kappa shape index (κ1) is 19.6. The van der Waals surface area contributed by atoms with Crippen LogP contribution in [0.3, 0.4) is 0 Å². The van der Waals surface area contributed by atoms with Gasteiger partial charge in [-0.05, 0) is 59.3 Å². The van der Waals surface area contributed by atoms with E-state index in [9.17, 15) is 0 Å². The van der Waals surface area contributed by atoms with Gasteiger partial charge in [-0.15, -0.1) is 0 Å². The van der Waals surface area contributed by atoms with Crippen LogP contribution in [0.25, 0.3) is 65.7 Å². The Kier molecular flexibility index (Phi) is 3.79. The van der Waals surface area contributed by atoms with E-state index in [-0.39, 0.29) is 0 Å². The molecule has 0 aliphatic carbocycles. The Balaban J connectivity index is 1.32. The number of benzene rings is 5. The van der Waals surface area contributed by atoms with Crippen LogP contribution < -0.4 is 4.74 Å². The highest BCUT2D eigenvalue weighted by Crippen LogP contribution is 2.43. The molecule has 0 saturated carbocycles. The second-order valence-electron chi connectivity index (χ2n) is 9.67. The summed E-state index contributed by atoms with van der Waals surface area (Å²) >= 11 is 0. The quantitative estimate of drug-likeness (QED) is 0.245. The lowest BCUT2D eigenvalue weighted by molar-refractivity contribution is 0.301. The molecule has 5 nitrogen and oxygen atoms in total. The molecule has 8 rings (SSSR count). The fourth-order valence-corrected chi connectivity index (χ4v) is 5.81. The van der Waals surface area contributed by atoms with Gasteiger partial charge in [-0.25, -0.2) is 9.97 Å².